The molecule has 2 rings (SSSR count). The molecule has 1 aliphatic heterocycles. The van der Waals surface area contributed by atoms with Crippen molar-refractivity contribution in [3.63, 3.8) is 0 Å². The van der Waals surface area contributed by atoms with E-state index in [1.165, 1.54) is 12.1 Å². The molecule has 6 heteroatoms. The lowest BCUT2D eigenvalue weighted by Gasteiger charge is -2.19. The molecule has 104 valence electrons. The molecule has 0 bridgehead atoms. The van der Waals surface area contributed by atoms with E-state index >= 15 is 0 Å². The molecule has 0 radical (unpaired) electrons. The first-order chi connectivity index (χ1) is 9.08. The number of nitro groups is 1. The second-order valence-electron chi connectivity index (χ2n) is 4.82. The second-order valence-corrected chi connectivity index (χ2v) is 4.82. The van der Waals surface area contributed by atoms with Gasteiger partial charge >= 0.3 is 0 Å². The molecule has 2 atom stereocenters. The van der Waals surface area contributed by atoms with E-state index in [0.29, 0.717) is 18.1 Å². The maximum Gasteiger partial charge on any atom is 0.274 e. The zero-order chi connectivity index (χ0) is 13.8. The van der Waals surface area contributed by atoms with Crippen LogP contribution in [0.2, 0.25) is 0 Å². The predicted octanol–water partition coefficient (Wildman–Crippen LogP) is 2.25. The van der Waals surface area contributed by atoms with Gasteiger partial charge in [0, 0.05) is 30.8 Å². The smallest absolute Gasteiger partial charge is 0.274 e. The average molecular weight is 268 g/mol. The lowest BCUT2D eigenvalue weighted by Crippen LogP contribution is -2.33. The highest BCUT2D eigenvalue weighted by Crippen LogP contribution is 2.21. The highest BCUT2D eigenvalue weighted by Gasteiger charge is 2.23. The van der Waals surface area contributed by atoms with Crippen molar-refractivity contribution in [2.75, 3.05) is 13.2 Å². The highest BCUT2D eigenvalue weighted by atomic mass is 19.1. The van der Waals surface area contributed by atoms with Crippen molar-refractivity contribution in [1.82, 2.24) is 5.32 Å². The van der Waals surface area contributed by atoms with Gasteiger partial charge in [0.15, 0.2) is 0 Å². The molecular weight excluding hydrogens is 251 g/mol. The van der Waals surface area contributed by atoms with E-state index in [1.54, 1.807) is 0 Å². The summed E-state index contributed by atoms with van der Waals surface area (Å²) < 4.78 is 18.5. The summed E-state index contributed by atoms with van der Waals surface area (Å²) in [6.45, 7) is 3.77. The zero-order valence-corrected chi connectivity index (χ0v) is 10.8. The van der Waals surface area contributed by atoms with Gasteiger partial charge in [0.1, 0.15) is 5.82 Å². The molecule has 1 aliphatic rings. The highest BCUT2D eigenvalue weighted by molar-refractivity contribution is 5.40. The average Bonchev–Trinajstić information content (AvgIpc) is 2.89. The van der Waals surface area contributed by atoms with E-state index in [-0.39, 0.29) is 18.3 Å². The Morgan fingerprint density at radius 3 is 3.05 bits per heavy atom. The van der Waals surface area contributed by atoms with Crippen molar-refractivity contribution >= 4 is 5.69 Å². The van der Waals surface area contributed by atoms with Crippen molar-refractivity contribution < 1.29 is 14.1 Å². The Morgan fingerprint density at radius 1 is 1.63 bits per heavy atom. The Balaban J connectivity index is 2.01. The summed E-state index contributed by atoms with van der Waals surface area (Å²) in [6, 6.07) is 3.71. The lowest BCUT2D eigenvalue weighted by atomic mass is 10.0. The van der Waals surface area contributed by atoms with Crippen molar-refractivity contribution in [2.24, 2.45) is 5.92 Å². The van der Waals surface area contributed by atoms with Crippen molar-refractivity contribution in [3.05, 3.63) is 39.7 Å². The van der Waals surface area contributed by atoms with Gasteiger partial charge in [-0.15, -0.1) is 0 Å². The molecule has 0 amide bonds. The van der Waals surface area contributed by atoms with Crippen LogP contribution >= 0.6 is 0 Å². The quantitative estimate of drug-likeness (QED) is 0.657. The fraction of sp³-hybridized carbons (Fsp3) is 0.538. The van der Waals surface area contributed by atoms with E-state index in [4.69, 9.17) is 4.74 Å². The van der Waals surface area contributed by atoms with Crippen LogP contribution in [0.5, 0.6) is 0 Å². The molecule has 1 heterocycles. The fourth-order valence-corrected chi connectivity index (χ4v) is 2.26. The van der Waals surface area contributed by atoms with Crippen LogP contribution in [0.3, 0.4) is 0 Å². The topological polar surface area (TPSA) is 64.4 Å². The largest absolute Gasteiger partial charge is 0.381 e. The number of halogens is 1. The molecule has 0 saturated carbocycles. The third-order valence-electron chi connectivity index (χ3n) is 3.52. The molecule has 19 heavy (non-hydrogen) atoms. The second kappa shape index (κ2) is 6.08. The van der Waals surface area contributed by atoms with Crippen molar-refractivity contribution in [1.29, 1.82) is 0 Å². The van der Waals surface area contributed by atoms with Gasteiger partial charge in [-0.2, -0.15) is 0 Å². The monoisotopic (exact) mass is 268 g/mol. The minimum absolute atomic E-state index is 0.0521. The summed E-state index contributed by atoms with van der Waals surface area (Å²) in [5.74, 6) is -0.0492. The van der Waals surface area contributed by atoms with Crippen LogP contribution in [0.15, 0.2) is 18.2 Å². The molecule has 1 fully saturated rings. The Bertz CT molecular complexity index is 461. The lowest BCUT2D eigenvalue weighted by molar-refractivity contribution is -0.385. The molecule has 0 spiro atoms. The van der Waals surface area contributed by atoms with Crippen LogP contribution in [0.1, 0.15) is 18.9 Å². The Kier molecular flexibility index (Phi) is 4.44. The van der Waals surface area contributed by atoms with E-state index in [9.17, 15) is 14.5 Å². The number of nitro benzene ring substituents is 1. The van der Waals surface area contributed by atoms with Gasteiger partial charge in [-0.05, 0) is 31.4 Å². The molecule has 1 aromatic rings. The number of rotatable bonds is 5. The third-order valence-corrected chi connectivity index (χ3v) is 3.52. The van der Waals surface area contributed by atoms with Gasteiger partial charge in [-0.3, -0.25) is 10.1 Å². The molecule has 1 N–H and O–H groups in total. The first-order valence-corrected chi connectivity index (χ1v) is 6.32. The summed E-state index contributed by atoms with van der Waals surface area (Å²) in [4.78, 5) is 10.4. The van der Waals surface area contributed by atoms with Gasteiger partial charge in [0.05, 0.1) is 11.5 Å². The number of nitrogens with one attached hydrogen (secondary N) is 1. The van der Waals surface area contributed by atoms with Crippen molar-refractivity contribution in [3.8, 4) is 0 Å². The standard InChI is InChI=1S/C13H17FN2O3/c1-9(10-4-5-19-8-10)15-7-11-6-12(14)2-3-13(11)16(17)18/h2-3,6,9-10,15H,4-5,7-8H2,1H3. The number of hydrogen-bond acceptors (Lipinski definition) is 4. The van der Waals surface area contributed by atoms with Crippen LogP contribution in [0.25, 0.3) is 0 Å². The molecular formula is C13H17FN2O3. The predicted molar refractivity (Wildman–Crippen MR) is 68.3 cm³/mol. The van der Waals surface area contributed by atoms with Gasteiger partial charge in [0.25, 0.3) is 5.69 Å². The summed E-state index contributed by atoms with van der Waals surface area (Å²) in [7, 11) is 0. The molecule has 0 aromatic heterocycles. The van der Waals surface area contributed by atoms with Crippen LogP contribution in [-0.4, -0.2) is 24.2 Å². The van der Waals surface area contributed by atoms with Gasteiger partial charge < -0.3 is 10.1 Å². The van der Waals surface area contributed by atoms with E-state index in [0.717, 1.165) is 19.1 Å². The van der Waals surface area contributed by atoms with Crippen LogP contribution < -0.4 is 5.32 Å². The zero-order valence-electron chi connectivity index (χ0n) is 10.8. The van der Waals surface area contributed by atoms with Crippen LogP contribution in [0, 0.1) is 21.8 Å². The van der Waals surface area contributed by atoms with Crippen LogP contribution in [-0.2, 0) is 11.3 Å². The fourth-order valence-electron chi connectivity index (χ4n) is 2.26. The number of ether oxygens (including phenoxy) is 1. The minimum Gasteiger partial charge on any atom is -0.381 e. The molecule has 5 nitrogen and oxygen atoms in total. The van der Waals surface area contributed by atoms with Crippen molar-refractivity contribution in [2.45, 2.75) is 25.9 Å². The summed E-state index contributed by atoms with van der Waals surface area (Å²) >= 11 is 0. The molecule has 2 unspecified atom stereocenters. The van der Waals surface area contributed by atoms with Crippen LogP contribution in [0.4, 0.5) is 10.1 Å². The summed E-state index contributed by atoms with van der Waals surface area (Å²) in [5, 5.41) is 14.1. The minimum atomic E-state index is -0.486. The van der Waals surface area contributed by atoms with Gasteiger partial charge in [-0.1, -0.05) is 0 Å². The van der Waals surface area contributed by atoms with E-state index < -0.39 is 10.7 Å². The maximum atomic E-state index is 13.2. The van der Waals surface area contributed by atoms with Gasteiger partial charge in [0.2, 0.25) is 0 Å². The number of hydrogen-bond donors (Lipinski definition) is 1. The van der Waals surface area contributed by atoms with Gasteiger partial charge in [-0.25, -0.2) is 4.39 Å². The third kappa shape index (κ3) is 3.48. The summed E-state index contributed by atoms with van der Waals surface area (Å²) in [5.41, 5.74) is 0.319. The Morgan fingerprint density at radius 2 is 2.42 bits per heavy atom. The Hall–Kier alpha value is -1.53. The van der Waals surface area contributed by atoms with E-state index in [1.807, 2.05) is 6.92 Å². The molecule has 1 aromatic carbocycles. The summed E-state index contributed by atoms with van der Waals surface area (Å²) in [6.07, 6.45) is 0.986. The molecule has 0 aliphatic carbocycles. The normalized spacial score (nSPS) is 20.4. The first-order valence-electron chi connectivity index (χ1n) is 6.32. The number of nitrogens with zero attached hydrogens (tertiary/aromatic N) is 1. The number of benzene rings is 1. The maximum absolute atomic E-state index is 13.2. The Labute approximate surface area is 110 Å². The molecule has 1 saturated heterocycles. The van der Waals surface area contributed by atoms with E-state index in [2.05, 4.69) is 5.32 Å². The SMILES string of the molecule is CC(NCc1cc(F)ccc1[N+](=O)[O-])C1CCOC1. The first kappa shape index (κ1) is 13.9.